The van der Waals surface area contributed by atoms with Gasteiger partial charge in [-0.25, -0.2) is 0 Å². The van der Waals surface area contributed by atoms with Crippen LogP contribution in [0.25, 0.3) is 23.1 Å². The summed E-state index contributed by atoms with van der Waals surface area (Å²) in [4.78, 5) is 0. The molecule has 0 saturated heterocycles. The summed E-state index contributed by atoms with van der Waals surface area (Å²) in [6.07, 6.45) is 9.39. The normalized spacial score (nSPS) is 14.3. The van der Waals surface area contributed by atoms with Crippen LogP contribution in [-0.2, 0) is 0 Å². The average molecular weight is 182 g/mol. The van der Waals surface area contributed by atoms with Gasteiger partial charge in [0.25, 0.3) is 0 Å². The van der Waals surface area contributed by atoms with Crippen LogP contribution in [-0.4, -0.2) is 0 Å². The predicted molar refractivity (Wildman–Crippen MR) is 58.2 cm³/mol. The van der Waals surface area contributed by atoms with E-state index >= 15 is 0 Å². The molecule has 1 heterocycles. The first-order valence-corrected chi connectivity index (χ1v) is 4.80. The van der Waals surface area contributed by atoms with E-state index in [-0.39, 0.29) is 0 Å². The third kappa shape index (κ3) is 1.02. The minimum Gasteiger partial charge on any atom is -0.456 e. The fourth-order valence-corrected chi connectivity index (χ4v) is 1.84. The van der Waals surface area contributed by atoms with E-state index in [0.29, 0.717) is 0 Å². The summed E-state index contributed by atoms with van der Waals surface area (Å²) in [7, 11) is 0. The van der Waals surface area contributed by atoms with Crippen molar-refractivity contribution in [3.8, 4) is 0 Å². The Morgan fingerprint density at radius 3 is 3.07 bits per heavy atom. The molecule has 0 atom stereocenters. The number of benzene rings is 1. The van der Waals surface area contributed by atoms with E-state index < -0.39 is 0 Å². The van der Waals surface area contributed by atoms with Crippen molar-refractivity contribution in [1.82, 2.24) is 0 Å². The van der Waals surface area contributed by atoms with Gasteiger partial charge in [0.15, 0.2) is 0 Å². The Kier molecular flexibility index (Phi) is 1.57. The molecule has 0 amide bonds. The lowest BCUT2D eigenvalue weighted by Gasteiger charge is -1.84. The molecule has 0 fully saturated rings. The van der Waals surface area contributed by atoms with Crippen LogP contribution in [0, 0.1) is 0 Å². The molecular weight excluding hydrogens is 172 g/mol. The van der Waals surface area contributed by atoms with Gasteiger partial charge in [-0.3, -0.25) is 0 Å². The summed E-state index contributed by atoms with van der Waals surface area (Å²) in [5.41, 5.74) is 1.94. The van der Waals surface area contributed by atoms with Crippen LogP contribution < -0.4 is 10.6 Å². The number of para-hydroxylation sites is 1. The van der Waals surface area contributed by atoms with Gasteiger partial charge in [-0.15, -0.1) is 0 Å². The number of fused-ring (bicyclic) bond motifs is 3. The number of hydrogen-bond acceptors (Lipinski definition) is 1. The molecule has 0 unspecified atom stereocenters. The molecule has 0 spiro atoms. The zero-order chi connectivity index (χ0) is 9.38. The van der Waals surface area contributed by atoms with Gasteiger partial charge in [-0.2, -0.15) is 0 Å². The summed E-state index contributed by atoms with van der Waals surface area (Å²) in [5, 5.41) is 2.44. The highest BCUT2D eigenvalue weighted by atomic mass is 16.3. The molecule has 3 rings (SSSR count). The molecule has 0 aliphatic heterocycles. The largest absolute Gasteiger partial charge is 0.456 e. The van der Waals surface area contributed by atoms with Gasteiger partial charge in [0.1, 0.15) is 11.0 Å². The quantitative estimate of drug-likeness (QED) is 0.607. The molecule has 1 aromatic heterocycles. The Bertz CT molecular complexity index is 614. The Hall–Kier alpha value is -1.76. The molecule has 1 nitrogen and oxygen atoms in total. The van der Waals surface area contributed by atoms with Crippen molar-refractivity contribution in [1.29, 1.82) is 0 Å². The van der Waals surface area contributed by atoms with E-state index in [2.05, 4.69) is 18.2 Å². The minimum absolute atomic E-state index is 0.972. The molecule has 1 aliphatic rings. The van der Waals surface area contributed by atoms with Gasteiger partial charge < -0.3 is 4.42 Å². The molecule has 2 aromatic rings. The number of rotatable bonds is 0. The van der Waals surface area contributed by atoms with Gasteiger partial charge >= 0.3 is 0 Å². The summed E-state index contributed by atoms with van der Waals surface area (Å²) in [6.45, 7) is 0. The molecule has 14 heavy (non-hydrogen) atoms. The van der Waals surface area contributed by atoms with Crippen molar-refractivity contribution >= 4 is 23.1 Å². The molecular formula is C13H10O. The molecule has 0 N–H and O–H groups in total. The van der Waals surface area contributed by atoms with E-state index in [0.717, 1.165) is 17.4 Å². The second kappa shape index (κ2) is 2.88. The van der Waals surface area contributed by atoms with Crippen molar-refractivity contribution in [3.63, 3.8) is 0 Å². The maximum absolute atomic E-state index is 5.73. The number of furan rings is 1. The third-order valence-corrected chi connectivity index (χ3v) is 2.50. The van der Waals surface area contributed by atoms with Crippen LogP contribution >= 0.6 is 0 Å². The van der Waals surface area contributed by atoms with Crippen LogP contribution in [0.1, 0.15) is 6.42 Å². The highest BCUT2D eigenvalue weighted by Crippen LogP contribution is 2.07. The lowest BCUT2D eigenvalue weighted by atomic mass is 10.2. The van der Waals surface area contributed by atoms with Crippen LogP contribution in [0.2, 0.25) is 0 Å². The van der Waals surface area contributed by atoms with E-state index in [4.69, 9.17) is 4.42 Å². The first-order chi connectivity index (χ1) is 6.95. The standard InChI is InChI=1S/C13H10O/c1-2-6-10-11-7-4-5-9-13(11)14-12(10)8-3-1/h1,3-9H,2H2. The van der Waals surface area contributed by atoms with Gasteiger partial charge in [0.2, 0.25) is 0 Å². The SMILES string of the molecule is C1=CCC=c2c(oc3ccccc23)=C1. The van der Waals surface area contributed by atoms with Crippen LogP contribution in [0.15, 0.2) is 40.8 Å². The van der Waals surface area contributed by atoms with E-state index in [1.807, 2.05) is 30.4 Å². The number of allylic oxidation sites excluding steroid dienone is 2. The van der Waals surface area contributed by atoms with Gasteiger partial charge in [-0.1, -0.05) is 36.4 Å². The van der Waals surface area contributed by atoms with Gasteiger partial charge in [0.05, 0.1) is 0 Å². The Labute approximate surface area is 81.7 Å². The van der Waals surface area contributed by atoms with Gasteiger partial charge in [0, 0.05) is 10.6 Å². The van der Waals surface area contributed by atoms with Crippen LogP contribution in [0.3, 0.4) is 0 Å². The van der Waals surface area contributed by atoms with Crippen LogP contribution in [0.5, 0.6) is 0 Å². The maximum atomic E-state index is 5.73. The number of hydrogen-bond donors (Lipinski definition) is 0. The predicted octanol–water partition coefficient (Wildman–Crippen LogP) is 1.95. The summed E-state index contributed by atoms with van der Waals surface area (Å²) < 4.78 is 5.73. The average Bonchev–Trinajstić information content (AvgIpc) is 2.42. The van der Waals surface area contributed by atoms with Crippen LogP contribution in [0.4, 0.5) is 0 Å². The summed E-state index contributed by atoms with van der Waals surface area (Å²) in [6, 6.07) is 8.16. The highest BCUT2D eigenvalue weighted by molar-refractivity contribution is 5.79. The second-order valence-corrected chi connectivity index (χ2v) is 3.41. The molecule has 1 aliphatic carbocycles. The lowest BCUT2D eigenvalue weighted by Crippen LogP contribution is -2.18. The fourth-order valence-electron chi connectivity index (χ4n) is 1.84. The van der Waals surface area contributed by atoms with Gasteiger partial charge in [-0.05, 0) is 18.6 Å². The monoisotopic (exact) mass is 182 g/mol. The summed E-state index contributed by atoms with van der Waals surface area (Å²) in [5.74, 6) is 0. The molecule has 1 aromatic carbocycles. The van der Waals surface area contributed by atoms with Crippen molar-refractivity contribution < 1.29 is 4.42 Å². The van der Waals surface area contributed by atoms with E-state index in [1.165, 1.54) is 10.6 Å². The minimum atomic E-state index is 0.972. The Balaban J connectivity index is 2.57. The maximum Gasteiger partial charge on any atom is 0.135 e. The van der Waals surface area contributed by atoms with Crippen molar-refractivity contribution in [2.45, 2.75) is 6.42 Å². The molecule has 0 saturated carbocycles. The Morgan fingerprint density at radius 1 is 1.14 bits per heavy atom. The first-order valence-electron chi connectivity index (χ1n) is 4.80. The van der Waals surface area contributed by atoms with E-state index in [9.17, 15) is 0 Å². The topological polar surface area (TPSA) is 13.1 Å². The van der Waals surface area contributed by atoms with Crippen molar-refractivity contribution in [2.75, 3.05) is 0 Å². The molecule has 68 valence electrons. The smallest absolute Gasteiger partial charge is 0.135 e. The fraction of sp³-hybridized carbons (Fsp3) is 0.0769. The Morgan fingerprint density at radius 2 is 2.07 bits per heavy atom. The second-order valence-electron chi connectivity index (χ2n) is 3.41. The first kappa shape index (κ1) is 7.63. The highest BCUT2D eigenvalue weighted by Gasteiger charge is 2.01. The third-order valence-electron chi connectivity index (χ3n) is 2.50. The summed E-state index contributed by atoms with van der Waals surface area (Å²) >= 11 is 0. The lowest BCUT2D eigenvalue weighted by molar-refractivity contribution is 0.576. The molecule has 0 radical (unpaired) electrons. The van der Waals surface area contributed by atoms with Crippen molar-refractivity contribution in [2.24, 2.45) is 0 Å². The van der Waals surface area contributed by atoms with E-state index in [1.54, 1.807) is 0 Å². The zero-order valence-electron chi connectivity index (χ0n) is 7.73. The van der Waals surface area contributed by atoms with Crippen molar-refractivity contribution in [3.05, 3.63) is 47.1 Å². The zero-order valence-corrected chi connectivity index (χ0v) is 7.73. The molecule has 1 heteroatoms. The molecule has 0 bridgehead atoms.